The van der Waals surface area contributed by atoms with Crippen LogP contribution < -0.4 is 9.99 Å². The molecular weight excluding hydrogens is 263 g/mol. The van der Waals surface area contributed by atoms with Gasteiger partial charge in [0.15, 0.2) is 6.04 Å². The average Bonchev–Trinajstić information content (AvgIpc) is 2.37. The zero-order valence-electron chi connectivity index (χ0n) is 11.3. The van der Waals surface area contributed by atoms with E-state index in [0.29, 0.717) is 16.2 Å². The summed E-state index contributed by atoms with van der Waals surface area (Å²) in [5.74, 6) is 0. The average molecular weight is 281 g/mol. The van der Waals surface area contributed by atoms with Gasteiger partial charge in [0.05, 0.1) is 6.61 Å². The van der Waals surface area contributed by atoms with Gasteiger partial charge < -0.3 is 9.42 Å². The van der Waals surface area contributed by atoms with Gasteiger partial charge >= 0.3 is 7.60 Å². The highest BCUT2D eigenvalue weighted by Gasteiger charge is 2.30. The molecule has 0 aliphatic rings. The van der Waals surface area contributed by atoms with Crippen molar-refractivity contribution in [1.29, 1.82) is 0 Å². The summed E-state index contributed by atoms with van der Waals surface area (Å²) in [4.78, 5) is 10.1. The molecule has 0 spiro atoms. The molecular formula is C13H18N2O3P+. The fourth-order valence-electron chi connectivity index (χ4n) is 1.86. The SMILES string of the molecule is CCOP(=O)(O)c1c[n+](C(C)C)nc2ccccc12. The Hall–Kier alpha value is -1.29. The van der Waals surface area contributed by atoms with Crippen LogP contribution in [0.1, 0.15) is 26.8 Å². The van der Waals surface area contributed by atoms with Gasteiger partial charge in [-0.1, -0.05) is 22.9 Å². The number of hydrogen-bond donors (Lipinski definition) is 1. The lowest BCUT2D eigenvalue weighted by molar-refractivity contribution is -0.768. The number of nitrogens with zero attached hydrogens (tertiary/aromatic N) is 2. The van der Waals surface area contributed by atoms with Crippen molar-refractivity contribution in [2.24, 2.45) is 0 Å². The third-order valence-electron chi connectivity index (χ3n) is 2.80. The summed E-state index contributed by atoms with van der Waals surface area (Å²) in [7, 11) is -3.82. The molecule has 0 radical (unpaired) electrons. The molecule has 5 nitrogen and oxygen atoms in total. The van der Waals surface area contributed by atoms with Gasteiger partial charge in [0.25, 0.3) is 0 Å². The molecule has 0 aliphatic heterocycles. The van der Waals surface area contributed by atoms with Crippen molar-refractivity contribution >= 4 is 23.8 Å². The molecule has 6 heteroatoms. The van der Waals surface area contributed by atoms with E-state index in [1.165, 1.54) is 0 Å². The maximum Gasteiger partial charge on any atom is 0.365 e. The van der Waals surface area contributed by atoms with E-state index < -0.39 is 7.60 Å². The predicted molar refractivity (Wildman–Crippen MR) is 73.4 cm³/mol. The third kappa shape index (κ3) is 2.84. The molecule has 1 heterocycles. The van der Waals surface area contributed by atoms with Crippen molar-refractivity contribution in [2.75, 3.05) is 6.61 Å². The van der Waals surface area contributed by atoms with Gasteiger partial charge in [-0.3, -0.25) is 4.57 Å². The second kappa shape index (κ2) is 5.37. The van der Waals surface area contributed by atoms with Gasteiger partial charge in [0.1, 0.15) is 10.8 Å². The molecule has 1 aromatic carbocycles. The minimum Gasteiger partial charge on any atom is -0.321 e. The molecule has 0 bridgehead atoms. The van der Waals surface area contributed by atoms with Gasteiger partial charge in [-0.15, -0.1) is 0 Å². The second-order valence-corrected chi connectivity index (χ2v) is 6.32. The van der Waals surface area contributed by atoms with Crippen molar-refractivity contribution in [2.45, 2.75) is 26.8 Å². The van der Waals surface area contributed by atoms with E-state index in [1.54, 1.807) is 23.9 Å². The highest BCUT2D eigenvalue weighted by molar-refractivity contribution is 7.61. The molecule has 0 saturated carbocycles. The van der Waals surface area contributed by atoms with Crippen LogP contribution in [0.2, 0.25) is 0 Å². The molecule has 19 heavy (non-hydrogen) atoms. The first-order chi connectivity index (χ1) is 8.95. The Morgan fingerprint density at radius 1 is 1.42 bits per heavy atom. The summed E-state index contributed by atoms with van der Waals surface area (Å²) in [6, 6.07) is 7.38. The van der Waals surface area contributed by atoms with E-state index in [-0.39, 0.29) is 12.6 Å². The van der Waals surface area contributed by atoms with E-state index in [1.807, 2.05) is 32.0 Å². The third-order valence-corrected chi connectivity index (χ3v) is 4.37. The van der Waals surface area contributed by atoms with Crippen LogP contribution in [0.3, 0.4) is 0 Å². The van der Waals surface area contributed by atoms with Crippen LogP contribution in [0.4, 0.5) is 0 Å². The molecule has 2 aromatic rings. The van der Waals surface area contributed by atoms with E-state index in [4.69, 9.17) is 4.52 Å². The quantitative estimate of drug-likeness (QED) is 0.687. The molecule has 2 rings (SSSR count). The molecule has 102 valence electrons. The number of aromatic nitrogens is 2. The molecule has 1 atom stereocenters. The monoisotopic (exact) mass is 281 g/mol. The fraction of sp³-hybridized carbons (Fsp3) is 0.385. The van der Waals surface area contributed by atoms with E-state index in [9.17, 15) is 9.46 Å². The van der Waals surface area contributed by atoms with Gasteiger partial charge in [0, 0.05) is 10.5 Å². The Morgan fingerprint density at radius 3 is 2.74 bits per heavy atom. The van der Waals surface area contributed by atoms with Crippen LogP contribution in [0.5, 0.6) is 0 Å². The molecule has 1 unspecified atom stereocenters. The highest BCUT2D eigenvalue weighted by atomic mass is 31.2. The van der Waals surface area contributed by atoms with Crippen LogP contribution in [-0.4, -0.2) is 16.6 Å². The molecule has 0 amide bonds. The highest BCUT2D eigenvalue weighted by Crippen LogP contribution is 2.41. The smallest absolute Gasteiger partial charge is 0.321 e. The first kappa shape index (κ1) is 14.1. The first-order valence-corrected chi connectivity index (χ1v) is 7.82. The number of benzene rings is 1. The molecule has 0 fully saturated rings. The van der Waals surface area contributed by atoms with Crippen molar-refractivity contribution < 1.29 is 18.7 Å². The normalized spacial score (nSPS) is 14.8. The Bertz CT molecular complexity index is 643. The summed E-state index contributed by atoms with van der Waals surface area (Å²) in [6.07, 6.45) is 1.60. The topological polar surface area (TPSA) is 63.3 Å². The summed E-state index contributed by atoms with van der Waals surface area (Å²) in [5, 5.41) is 5.39. The van der Waals surface area contributed by atoms with Gasteiger partial charge in [-0.2, -0.15) is 0 Å². The van der Waals surface area contributed by atoms with E-state index >= 15 is 0 Å². The molecule has 0 saturated heterocycles. The van der Waals surface area contributed by atoms with E-state index in [0.717, 1.165) is 0 Å². The first-order valence-electron chi connectivity index (χ1n) is 6.25. The lowest BCUT2D eigenvalue weighted by Crippen LogP contribution is -2.43. The largest absolute Gasteiger partial charge is 0.365 e. The summed E-state index contributed by atoms with van der Waals surface area (Å²) in [5.41, 5.74) is 0.683. The lowest BCUT2D eigenvalue weighted by Gasteiger charge is -2.12. The molecule has 0 aliphatic carbocycles. The Kier molecular flexibility index (Phi) is 3.99. The summed E-state index contributed by atoms with van der Waals surface area (Å²) < 4.78 is 19.0. The zero-order chi connectivity index (χ0) is 14.0. The minimum atomic E-state index is -3.82. The van der Waals surface area contributed by atoms with Crippen molar-refractivity contribution in [3.8, 4) is 0 Å². The molecule has 1 N–H and O–H groups in total. The number of hydrogen-bond acceptors (Lipinski definition) is 3. The van der Waals surface area contributed by atoms with Crippen LogP contribution >= 0.6 is 7.60 Å². The Labute approximate surface area is 112 Å². The van der Waals surface area contributed by atoms with Gasteiger partial charge in [-0.25, -0.2) is 0 Å². The minimum absolute atomic E-state index is 0.102. The standard InChI is InChI=1S/C13H17N2O3P/c1-4-18-19(16,17)13-9-15(10(2)3)14-12-8-6-5-7-11(12)13/h5-10H,4H2,1-3H3/p+1. The predicted octanol–water partition coefficient (Wildman–Crippen LogP) is 1.95. The maximum atomic E-state index is 12.3. The van der Waals surface area contributed by atoms with Crippen molar-refractivity contribution in [3.05, 3.63) is 30.5 Å². The maximum absolute atomic E-state index is 12.3. The van der Waals surface area contributed by atoms with Crippen LogP contribution in [0.25, 0.3) is 10.9 Å². The lowest BCUT2D eigenvalue weighted by atomic mass is 10.2. The summed E-state index contributed by atoms with van der Waals surface area (Å²) >= 11 is 0. The number of rotatable bonds is 4. The van der Waals surface area contributed by atoms with Crippen molar-refractivity contribution in [1.82, 2.24) is 5.10 Å². The van der Waals surface area contributed by atoms with Crippen molar-refractivity contribution in [3.63, 3.8) is 0 Å². The van der Waals surface area contributed by atoms with Crippen LogP contribution in [-0.2, 0) is 9.09 Å². The van der Waals surface area contributed by atoms with E-state index in [2.05, 4.69) is 5.10 Å². The van der Waals surface area contributed by atoms with Gasteiger partial charge in [-0.05, 0) is 26.8 Å². The fourth-order valence-corrected chi connectivity index (χ4v) is 3.11. The Balaban J connectivity index is 2.73. The zero-order valence-corrected chi connectivity index (χ0v) is 12.2. The van der Waals surface area contributed by atoms with Crippen LogP contribution in [0.15, 0.2) is 30.5 Å². The Morgan fingerprint density at radius 2 is 2.11 bits per heavy atom. The van der Waals surface area contributed by atoms with Crippen LogP contribution in [0, 0.1) is 0 Å². The summed E-state index contributed by atoms with van der Waals surface area (Å²) in [6.45, 7) is 5.82. The van der Waals surface area contributed by atoms with Gasteiger partial charge in [0.2, 0.25) is 6.20 Å². The molecule has 1 aromatic heterocycles. The number of fused-ring (bicyclic) bond motifs is 1. The second-order valence-electron chi connectivity index (χ2n) is 4.54.